The molecule has 2 atom stereocenters. The van der Waals surface area contributed by atoms with Crippen molar-refractivity contribution in [3.05, 3.63) is 47.1 Å². The third-order valence-electron chi connectivity index (χ3n) is 4.16. The average Bonchev–Trinajstić information content (AvgIpc) is 2.99. The summed E-state index contributed by atoms with van der Waals surface area (Å²) in [6, 6.07) is 10.1. The number of benzene rings is 1. The number of amides is 1. The molecular weight excluding hydrogens is 301 g/mol. The highest BCUT2D eigenvalue weighted by molar-refractivity contribution is 7.17. The van der Waals surface area contributed by atoms with E-state index in [2.05, 4.69) is 0 Å². The van der Waals surface area contributed by atoms with Gasteiger partial charge in [-0.25, -0.2) is 4.39 Å². The zero-order valence-electron chi connectivity index (χ0n) is 12.3. The fourth-order valence-electron chi connectivity index (χ4n) is 2.65. The number of β-amino-alcohol motifs (C(OH)–C–C–N with tert-alkyl or cyclic N) is 1. The first-order valence-corrected chi connectivity index (χ1v) is 8.20. The van der Waals surface area contributed by atoms with Crippen LogP contribution in [0.4, 0.5) is 4.39 Å². The van der Waals surface area contributed by atoms with Gasteiger partial charge in [-0.3, -0.25) is 4.79 Å². The van der Waals surface area contributed by atoms with Crippen molar-refractivity contribution < 1.29 is 14.3 Å². The van der Waals surface area contributed by atoms with Crippen molar-refractivity contribution in [1.29, 1.82) is 0 Å². The molecule has 0 saturated carbocycles. The van der Waals surface area contributed by atoms with Crippen LogP contribution >= 0.6 is 11.3 Å². The number of thiophene rings is 1. The van der Waals surface area contributed by atoms with Crippen molar-refractivity contribution >= 4 is 17.2 Å². The molecule has 0 radical (unpaired) electrons. The van der Waals surface area contributed by atoms with Crippen LogP contribution in [0.3, 0.4) is 0 Å². The first-order valence-electron chi connectivity index (χ1n) is 7.38. The van der Waals surface area contributed by atoms with Crippen molar-refractivity contribution in [3.63, 3.8) is 0 Å². The zero-order chi connectivity index (χ0) is 15.7. The Morgan fingerprint density at radius 1 is 1.32 bits per heavy atom. The van der Waals surface area contributed by atoms with Crippen molar-refractivity contribution in [3.8, 4) is 10.4 Å². The highest BCUT2D eigenvalue weighted by atomic mass is 32.1. The Morgan fingerprint density at radius 2 is 2.09 bits per heavy atom. The number of carbonyl (C=O) groups excluding carboxylic acids is 1. The number of aliphatic hydroxyl groups excluding tert-OH is 1. The standard InChI is InChI=1S/C17H18FNO2S/c1-11-8-9-19(10-14(11)20)17(21)16-7-6-15(22-16)12-4-2-3-5-13(12)18/h2-7,11,14,20H,8-10H2,1H3. The number of likely N-dealkylation sites (tertiary alicyclic amines) is 1. The molecule has 5 heteroatoms. The smallest absolute Gasteiger partial charge is 0.264 e. The molecule has 116 valence electrons. The summed E-state index contributed by atoms with van der Waals surface area (Å²) >= 11 is 1.29. The Labute approximate surface area is 133 Å². The summed E-state index contributed by atoms with van der Waals surface area (Å²) in [6.07, 6.45) is 0.335. The van der Waals surface area contributed by atoms with Gasteiger partial charge in [-0.15, -0.1) is 11.3 Å². The third kappa shape index (κ3) is 2.91. The van der Waals surface area contributed by atoms with Gasteiger partial charge >= 0.3 is 0 Å². The summed E-state index contributed by atoms with van der Waals surface area (Å²) in [5.41, 5.74) is 0.513. The average molecular weight is 319 g/mol. The topological polar surface area (TPSA) is 40.5 Å². The molecule has 0 spiro atoms. The Morgan fingerprint density at radius 3 is 2.82 bits per heavy atom. The summed E-state index contributed by atoms with van der Waals surface area (Å²) in [4.78, 5) is 15.5. The van der Waals surface area contributed by atoms with E-state index in [-0.39, 0.29) is 17.6 Å². The summed E-state index contributed by atoms with van der Waals surface area (Å²) in [6.45, 7) is 3.02. The van der Waals surface area contributed by atoms with E-state index in [0.717, 1.165) is 11.3 Å². The Bertz CT molecular complexity index is 685. The number of aliphatic hydroxyl groups is 1. The minimum atomic E-state index is -0.469. The van der Waals surface area contributed by atoms with Crippen LogP contribution in [0.5, 0.6) is 0 Å². The van der Waals surface area contributed by atoms with Gasteiger partial charge in [0.2, 0.25) is 0 Å². The summed E-state index contributed by atoms with van der Waals surface area (Å²) in [5.74, 6) is -0.148. The monoisotopic (exact) mass is 319 g/mol. The van der Waals surface area contributed by atoms with Crippen molar-refractivity contribution in [2.24, 2.45) is 5.92 Å². The maximum Gasteiger partial charge on any atom is 0.264 e. The van der Waals surface area contributed by atoms with Crippen LogP contribution in [0.2, 0.25) is 0 Å². The SMILES string of the molecule is CC1CCN(C(=O)c2ccc(-c3ccccc3F)s2)CC1O. The van der Waals surface area contributed by atoms with E-state index in [9.17, 15) is 14.3 Å². The fraction of sp³-hybridized carbons (Fsp3) is 0.353. The number of rotatable bonds is 2. The van der Waals surface area contributed by atoms with Crippen LogP contribution in [-0.2, 0) is 0 Å². The van der Waals surface area contributed by atoms with E-state index >= 15 is 0 Å². The maximum atomic E-state index is 13.8. The van der Waals surface area contributed by atoms with Gasteiger partial charge in [0.25, 0.3) is 5.91 Å². The second-order valence-electron chi connectivity index (χ2n) is 5.73. The summed E-state index contributed by atoms with van der Waals surface area (Å²) in [7, 11) is 0. The molecule has 3 rings (SSSR count). The minimum Gasteiger partial charge on any atom is -0.391 e. The van der Waals surface area contributed by atoms with Crippen molar-refractivity contribution in [2.75, 3.05) is 13.1 Å². The highest BCUT2D eigenvalue weighted by Gasteiger charge is 2.28. The van der Waals surface area contributed by atoms with Crippen LogP contribution in [0.15, 0.2) is 36.4 Å². The molecule has 1 aromatic heterocycles. The van der Waals surface area contributed by atoms with Gasteiger partial charge in [0, 0.05) is 23.5 Å². The molecule has 1 N–H and O–H groups in total. The Balaban J connectivity index is 1.79. The van der Waals surface area contributed by atoms with E-state index in [1.807, 2.05) is 6.92 Å². The quantitative estimate of drug-likeness (QED) is 0.921. The molecule has 22 heavy (non-hydrogen) atoms. The van der Waals surface area contributed by atoms with Gasteiger partial charge in [-0.2, -0.15) is 0 Å². The van der Waals surface area contributed by atoms with Crippen molar-refractivity contribution in [1.82, 2.24) is 4.90 Å². The number of piperidine rings is 1. The number of halogens is 1. The Kier molecular flexibility index (Phi) is 4.27. The number of hydrogen-bond donors (Lipinski definition) is 1. The lowest BCUT2D eigenvalue weighted by Gasteiger charge is -2.34. The molecule has 1 amide bonds. The number of hydrogen-bond acceptors (Lipinski definition) is 3. The van der Waals surface area contributed by atoms with E-state index in [1.54, 1.807) is 35.2 Å². The summed E-state index contributed by atoms with van der Waals surface area (Å²) in [5, 5.41) is 9.92. The molecule has 1 aliphatic heterocycles. The van der Waals surface area contributed by atoms with Gasteiger partial charge in [-0.1, -0.05) is 25.1 Å². The number of nitrogens with zero attached hydrogens (tertiary/aromatic N) is 1. The Hall–Kier alpha value is -1.72. The van der Waals surface area contributed by atoms with E-state index in [1.165, 1.54) is 17.4 Å². The predicted octanol–water partition coefficient (Wildman–Crippen LogP) is 3.40. The van der Waals surface area contributed by atoms with Gasteiger partial charge in [-0.05, 0) is 30.5 Å². The third-order valence-corrected chi connectivity index (χ3v) is 5.27. The highest BCUT2D eigenvalue weighted by Crippen LogP contribution is 2.31. The van der Waals surface area contributed by atoms with Gasteiger partial charge in [0.05, 0.1) is 11.0 Å². The fourth-order valence-corrected chi connectivity index (χ4v) is 3.65. The van der Waals surface area contributed by atoms with Crippen LogP contribution < -0.4 is 0 Å². The molecular formula is C17H18FNO2S. The van der Waals surface area contributed by atoms with Crippen molar-refractivity contribution in [2.45, 2.75) is 19.4 Å². The molecule has 1 aliphatic rings. The molecule has 1 aromatic carbocycles. The molecule has 2 heterocycles. The normalized spacial score (nSPS) is 21.9. The molecule has 2 aromatic rings. The van der Waals surface area contributed by atoms with E-state index in [0.29, 0.717) is 23.5 Å². The maximum absolute atomic E-state index is 13.8. The lowest BCUT2D eigenvalue weighted by molar-refractivity contribution is 0.0251. The largest absolute Gasteiger partial charge is 0.391 e. The lowest BCUT2D eigenvalue weighted by atomic mass is 9.96. The second kappa shape index (κ2) is 6.18. The predicted molar refractivity (Wildman–Crippen MR) is 85.4 cm³/mol. The minimum absolute atomic E-state index is 0.0847. The zero-order valence-corrected chi connectivity index (χ0v) is 13.1. The van der Waals surface area contributed by atoms with E-state index < -0.39 is 6.10 Å². The van der Waals surface area contributed by atoms with Gasteiger partial charge < -0.3 is 10.0 Å². The molecule has 3 nitrogen and oxygen atoms in total. The molecule has 1 saturated heterocycles. The van der Waals surface area contributed by atoms with Gasteiger partial charge in [0.15, 0.2) is 0 Å². The van der Waals surface area contributed by atoms with Gasteiger partial charge in [0.1, 0.15) is 5.82 Å². The lowest BCUT2D eigenvalue weighted by Crippen LogP contribution is -2.45. The van der Waals surface area contributed by atoms with Crippen LogP contribution in [0.1, 0.15) is 23.0 Å². The molecule has 0 bridgehead atoms. The molecule has 0 aliphatic carbocycles. The molecule has 2 unspecified atom stereocenters. The van der Waals surface area contributed by atoms with E-state index in [4.69, 9.17) is 0 Å². The van der Waals surface area contributed by atoms with Crippen LogP contribution in [0.25, 0.3) is 10.4 Å². The van der Waals surface area contributed by atoms with Crippen LogP contribution in [0, 0.1) is 11.7 Å². The summed E-state index contributed by atoms with van der Waals surface area (Å²) < 4.78 is 13.8. The first-order chi connectivity index (χ1) is 10.6. The molecule has 1 fully saturated rings. The first kappa shape index (κ1) is 15.2. The van der Waals surface area contributed by atoms with Crippen LogP contribution in [-0.4, -0.2) is 35.1 Å². The number of carbonyl (C=O) groups is 1. The second-order valence-corrected chi connectivity index (χ2v) is 6.81.